The molecule has 7 heteroatoms. The van der Waals surface area contributed by atoms with Crippen LogP contribution in [0.25, 0.3) is 0 Å². The number of halogens is 1. The van der Waals surface area contributed by atoms with E-state index in [-0.39, 0.29) is 10.5 Å². The topological polar surface area (TPSA) is 66.5 Å². The Bertz CT molecular complexity index is 893. The third-order valence-corrected chi connectivity index (χ3v) is 5.58. The highest BCUT2D eigenvalue weighted by atomic mass is 32.2. The van der Waals surface area contributed by atoms with E-state index >= 15 is 0 Å². The highest BCUT2D eigenvalue weighted by Crippen LogP contribution is 2.26. The predicted octanol–water partition coefficient (Wildman–Crippen LogP) is 2.95. The number of nitrogens with one attached hydrogen (secondary N) is 1. The minimum Gasteiger partial charge on any atom is -0.322 e. The standard InChI is InChI=1S/C17H19FN2O3S/c1-11-9-13(24(22,23)20(3)4)10-16(12(11)2)19-17(21)14-7-5-6-8-15(14)18/h5-10H,1-4H3,(H,19,21). The number of anilines is 1. The summed E-state index contributed by atoms with van der Waals surface area (Å²) < 4.78 is 39.5. The number of sulfonamides is 1. The molecule has 0 atom stereocenters. The van der Waals surface area contributed by atoms with Crippen LogP contribution in [0.3, 0.4) is 0 Å². The summed E-state index contributed by atoms with van der Waals surface area (Å²) in [5.74, 6) is -1.27. The lowest BCUT2D eigenvalue weighted by Crippen LogP contribution is -2.23. The second-order valence-electron chi connectivity index (χ2n) is 5.63. The van der Waals surface area contributed by atoms with Crippen molar-refractivity contribution in [2.24, 2.45) is 0 Å². The first-order chi connectivity index (χ1) is 11.1. The number of hydrogen-bond donors (Lipinski definition) is 1. The van der Waals surface area contributed by atoms with Crippen molar-refractivity contribution in [2.75, 3.05) is 19.4 Å². The van der Waals surface area contributed by atoms with E-state index in [4.69, 9.17) is 0 Å². The molecule has 2 aromatic rings. The first kappa shape index (κ1) is 18.1. The Hall–Kier alpha value is -2.25. The van der Waals surface area contributed by atoms with E-state index in [1.54, 1.807) is 26.0 Å². The Morgan fingerprint density at radius 1 is 1.12 bits per heavy atom. The Morgan fingerprint density at radius 3 is 2.33 bits per heavy atom. The fourth-order valence-electron chi connectivity index (χ4n) is 2.15. The minimum absolute atomic E-state index is 0.0689. The highest BCUT2D eigenvalue weighted by molar-refractivity contribution is 7.89. The summed E-state index contributed by atoms with van der Waals surface area (Å²) in [7, 11) is -0.774. The SMILES string of the molecule is Cc1cc(S(=O)(=O)N(C)C)cc(NC(=O)c2ccccc2F)c1C. The molecule has 0 heterocycles. The molecule has 0 saturated heterocycles. The largest absolute Gasteiger partial charge is 0.322 e. The Morgan fingerprint density at radius 2 is 1.75 bits per heavy atom. The molecule has 5 nitrogen and oxygen atoms in total. The fourth-order valence-corrected chi connectivity index (χ4v) is 3.16. The predicted molar refractivity (Wildman–Crippen MR) is 91.1 cm³/mol. The molecule has 128 valence electrons. The number of aryl methyl sites for hydroxylation is 1. The first-order valence-corrected chi connectivity index (χ1v) is 8.68. The van der Waals surface area contributed by atoms with Crippen LogP contribution in [0.2, 0.25) is 0 Å². The molecule has 0 unspecified atom stereocenters. The van der Waals surface area contributed by atoms with E-state index in [2.05, 4.69) is 5.32 Å². The molecule has 1 amide bonds. The maximum atomic E-state index is 13.7. The Balaban J connectivity index is 2.46. The summed E-state index contributed by atoms with van der Waals surface area (Å²) in [6.07, 6.45) is 0. The van der Waals surface area contributed by atoms with Gasteiger partial charge in [0.1, 0.15) is 5.82 Å². The fraction of sp³-hybridized carbons (Fsp3) is 0.235. The lowest BCUT2D eigenvalue weighted by Gasteiger charge is -2.16. The zero-order valence-electron chi connectivity index (χ0n) is 13.9. The second kappa shape index (κ2) is 6.70. The van der Waals surface area contributed by atoms with Crippen LogP contribution in [0.1, 0.15) is 21.5 Å². The molecule has 24 heavy (non-hydrogen) atoms. The molecular formula is C17H19FN2O3S. The van der Waals surface area contributed by atoms with Crippen LogP contribution < -0.4 is 5.32 Å². The van der Waals surface area contributed by atoms with Gasteiger partial charge < -0.3 is 5.32 Å². The van der Waals surface area contributed by atoms with E-state index in [9.17, 15) is 17.6 Å². The monoisotopic (exact) mass is 350 g/mol. The van der Waals surface area contributed by atoms with Gasteiger partial charge in [-0.2, -0.15) is 0 Å². The zero-order chi connectivity index (χ0) is 18.1. The summed E-state index contributed by atoms with van der Waals surface area (Å²) >= 11 is 0. The van der Waals surface area contributed by atoms with Gasteiger partial charge in [0, 0.05) is 19.8 Å². The van der Waals surface area contributed by atoms with Gasteiger partial charge in [0.25, 0.3) is 5.91 Å². The molecule has 0 aliphatic rings. The van der Waals surface area contributed by atoms with Crippen LogP contribution in [0.5, 0.6) is 0 Å². The van der Waals surface area contributed by atoms with E-state index in [1.165, 1.54) is 38.4 Å². The number of nitrogens with zero attached hydrogens (tertiary/aromatic N) is 1. The van der Waals surface area contributed by atoms with Crippen LogP contribution >= 0.6 is 0 Å². The van der Waals surface area contributed by atoms with Gasteiger partial charge in [-0.3, -0.25) is 4.79 Å². The molecule has 0 spiro atoms. The number of rotatable bonds is 4. The molecule has 2 aromatic carbocycles. The number of hydrogen-bond acceptors (Lipinski definition) is 3. The van der Waals surface area contributed by atoms with Crippen LogP contribution in [-0.2, 0) is 10.0 Å². The number of carbonyl (C=O) groups excluding carboxylic acids is 1. The van der Waals surface area contributed by atoms with Gasteiger partial charge in [-0.25, -0.2) is 17.1 Å². The molecular weight excluding hydrogens is 331 g/mol. The van der Waals surface area contributed by atoms with Gasteiger partial charge in [0.2, 0.25) is 10.0 Å². The van der Waals surface area contributed by atoms with E-state index in [0.717, 1.165) is 9.87 Å². The molecule has 1 N–H and O–H groups in total. The van der Waals surface area contributed by atoms with Crippen molar-refractivity contribution in [3.05, 3.63) is 58.9 Å². The maximum absolute atomic E-state index is 13.7. The molecule has 0 radical (unpaired) electrons. The number of amides is 1. The van der Waals surface area contributed by atoms with Crippen LogP contribution in [0.4, 0.5) is 10.1 Å². The Kier molecular flexibility index (Phi) is 5.05. The molecule has 0 aromatic heterocycles. The average Bonchev–Trinajstić information content (AvgIpc) is 2.51. The third kappa shape index (κ3) is 3.47. The van der Waals surface area contributed by atoms with Gasteiger partial charge in [0.05, 0.1) is 10.5 Å². The van der Waals surface area contributed by atoms with Crippen molar-refractivity contribution < 1.29 is 17.6 Å². The molecule has 0 fully saturated rings. The summed E-state index contributed by atoms with van der Waals surface area (Å²) in [6.45, 7) is 3.52. The van der Waals surface area contributed by atoms with E-state index in [1.807, 2.05) is 0 Å². The molecule has 0 bridgehead atoms. The normalized spacial score (nSPS) is 11.6. The summed E-state index contributed by atoms with van der Waals surface area (Å²) in [5, 5.41) is 2.60. The molecule has 2 rings (SSSR count). The van der Waals surface area contributed by atoms with Crippen molar-refractivity contribution in [1.82, 2.24) is 4.31 Å². The van der Waals surface area contributed by atoms with Crippen LogP contribution in [0, 0.1) is 19.7 Å². The van der Waals surface area contributed by atoms with Gasteiger partial charge >= 0.3 is 0 Å². The number of carbonyl (C=O) groups is 1. The first-order valence-electron chi connectivity index (χ1n) is 7.24. The smallest absolute Gasteiger partial charge is 0.258 e. The zero-order valence-corrected chi connectivity index (χ0v) is 14.7. The number of benzene rings is 2. The van der Waals surface area contributed by atoms with E-state index in [0.29, 0.717) is 11.3 Å². The summed E-state index contributed by atoms with van der Waals surface area (Å²) in [5.41, 5.74) is 1.67. The van der Waals surface area contributed by atoms with Crippen molar-refractivity contribution in [1.29, 1.82) is 0 Å². The lowest BCUT2D eigenvalue weighted by molar-refractivity contribution is 0.102. The van der Waals surface area contributed by atoms with Crippen molar-refractivity contribution in [3.8, 4) is 0 Å². The maximum Gasteiger partial charge on any atom is 0.258 e. The van der Waals surface area contributed by atoms with Crippen molar-refractivity contribution in [3.63, 3.8) is 0 Å². The van der Waals surface area contributed by atoms with Crippen LogP contribution in [-0.4, -0.2) is 32.7 Å². The van der Waals surface area contributed by atoms with Gasteiger partial charge in [-0.15, -0.1) is 0 Å². The van der Waals surface area contributed by atoms with Gasteiger partial charge in [-0.1, -0.05) is 12.1 Å². The quantitative estimate of drug-likeness (QED) is 0.922. The molecule has 0 saturated carbocycles. The van der Waals surface area contributed by atoms with Crippen LogP contribution in [0.15, 0.2) is 41.3 Å². The molecule has 0 aliphatic carbocycles. The summed E-state index contributed by atoms with van der Waals surface area (Å²) in [6, 6.07) is 8.54. The lowest BCUT2D eigenvalue weighted by atomic mass is 10.1. The van der Waals surface area contributed by atoms with Gasteiger partial charge in [0.15, 0.2) is 0 Å². The highest BCUT2D eigenvalue weighted by Gasteiger charge is 2.20. The van der Waals surface area contributed by atoms with Crippen molar-refractivity contribution in [2.45, 2.75) is 18.7 Å². The van der Waals surface area contributed by atoms with E-state index < -0.39 is 21.7 Å². The summed E-state index contributed by atoms with van der Waals surface area (Å²) in [4.78, 5) is 12.4. The van der Waals surface area contributed by atoms with Crippen molar-refractivity contribution >= 4 is 21.6 Å². The minimum atomic E-state index is -3.64. The second-order valence-corrected chi connectivity index (χ2v) is 7.79. The average molecular weight is 350 g/mol. The van der Waals surface area contributed by atoms with Gasteiger partial charge in [-0.05, 0) is 49.2 Å². The third-order valence-electron chi connectivity index (χ3n) is 3.79. The Labute approximate surface area is 141 Å². The molecule has 0 aliphatic heterocycles.